The topological polar surface area (TPSA) is 20.2 Å². The molecule has 0 radical (unpaired) electrons. The zero-order valence-corrected chi connectivity index (χ0v) is 12.2. The SMILES string of the molecule is OC(c1ccc(F)c(Br)c1)c1cc(Cl)sc1Cl. The van der Waals surface area contributed by atoms with Gasteiger partial charge in [-0.3, -0.25) is 0 Å². The summed E-state index contributed by atoms with van der Waals surface area (Å²) < 4.78 is 14.3. The van der Waals surface area contributed by atoms with Crippen LogP contribution < -0.4 is 0 Å². The van der Waals surface area contributed by atoms with Crippen molar-refractivity contribution in [3.05, 3.63) is 54.4 Å². The van der Waals surface area contributed by atoms with E-state index in [4.69, 9.17) is 23.2 Å². The first kappa shape index (κ1) is 13.3. The molecule has 0 spiro atoms. The molecule has 1 N–H and O–H groups in total. The van der Waals surface area contributed by atoms with Crippen LogP contribution in [-0.4, -0.2) is 5.11 Å². The van der Waals surface area contributed by atoms with Crippen LogP contribution in [0.3, 0.4) is 0 Å². The van der Waals surface area contributed by atoms with Crippen LogP contribution in [0.15, 0.2) is 28.7 Å². The second kappa shape index (κ2) is 5.24. The molecular weight excluding hydrogens is 350 g/mol. The predicted molar refractivity (Wildman–Crippen MR) is 72.5 cm³/mol. The van der Waals surface area contributed by atoms with Crippen LogP contribution in [-0.2, 0) is 0 Å². The van der Waals surface area contributed by atoms with Crippen molar-refractivity contribution in [3.63, 3.8) is 0 Å². The molecule has 17 heavy (non-hydrogen) atoms. The number of hydrogen-bond donors (Lipinski definition) is 1. The number of thiophene rings is 1. The summed E-state index contributed by atoms with van der Waals surface area (Å²) in [6.45, 7) is 0. The molecule has 1 atom stereocenters. The summed E-state index contributed by atoms with van der Waals surface area (Å²) in [5.74, 6) is -0.379. The van der Waals surface area contributed by atoms with Gasteiger partial charge in [-0.1, -0.05) is 29.3 Å². The van der Waals surface area contributed by atoms with Crippen molar-refractivity contribution >= 4 is 50.5 Å². The highest BCUT2D eigenvalue weighted by atomic mass is 79.9. The lowest BCUT2D eigenvalue weighted by Crippen LogP contribution is -1.99. The minimum Gasteiger partial charge on any atom is -0.384 e. The zero-order chi connectivity index (χ0) is 12.6. The van der Waals surface area contributed by atoms with Gasteiger partial charge in [0.1, 0.15) is 16.3 Å². The Balaban J connectivity index is 2.40. The Bertz CT molecular complexity index is 558. The van der Waals surface area contributed by atoms with Gasteiger partial charge in [-0.2, -0.15) is 0 Å². The summed E-state index contributed by atoms with van der Waals surface area (Å²) in [4.78, 5) is 0. The molecule has 2 aromatic rings. The number of aliphatic hydroxyl groups is 1. The standard InChI is InChI=1S/C11H6BrCl2FOS/c12-7-3-5(1-2-8(7)15)10(16)6-4-9(13)17-11(6)14/h1-4,10,16H. The number of benzene rings is 1. The molecular formula is C11H6BrCl2FOS. The molecule has 1 heterocycles. The van der Waals surface area contributed by atoms with Gasteiger partial charge < -0.3 is 5.11 Å². The van der Waals surface area contributed by atoms with Crippen LogP contribution in [0.5, 0.6) is 0 Å². The first-order valence-corrected chi connectivity index (χ1v) is 6.93. The first-order valence-electron chi connectivity index (χ1n) is 4.57. The lowest BCUT2D eigenvalue weighted by molar-refractivity contribution is 0.220. The lowest BCUT2D eigenvalue weighted by atomic mass is 10.0. The second-order valence-corrected chi connectivity index (χ2v) is 6.50. The molecule has 1 unspecified atom stereocenters. The molecule has 0 aliphatic carbocycles. The van der Waals surface area contributed by atoms with Gasteiger partial charge in [-0.05, 0) is 39.7 Å². The van der Waals surface area contributed by atoms with Gasteiger partial charge in [0, 0.05) is 5.56 Å². The molecule has 1 nitrogen and oxygen atoms in total. The number of aliphatic hydroxyl groups excluding tert-OH is 1. The minimum atomic E-state index is -0.914. The van der Waals surface area contributed by atoms with Crippen molar-refractivity contribution < 1.29 is 9.50 Å². The van der Waals surface area contributed by atoms with Gasteiger partial charge in [0.15, 0.2) is 0 Å². The summed E-state index contributed by atoms with van der Waals surface area (Å²) in [5, 5.41) is 10.1. The van der Waals surface area contributed by atoms with Crippen LogP contribution in [0.1, 0.15) is 17.2 Å². The molecule has 0 saturated heterocycles. The average molecular weight is 356 g/mol. The highest BCUT2D eigenvalue weighted by Gasteiger charge is 2.17. The maximum absolute atomic E-state index is 13.1. The minimum absolute atomic E-state index is 0.298. The number of hydrogen-bond acceptors (Lipinski definition) is 2. The summed E-state index contributed by atoms with van der Waals surface area (Å²) >= 11 is 16.0. The van der Waals surface area contributed by atoms with E-state index in [0.29, 0.717) is 24.3 Å². The van der Waals surface area contributed by atoms with Gasteiger partial charge in [0.25, 0.3) is 0 Å². The second-order valence-electron chi connectivity index (χ2n) is 3.36. The van der Waals surface area contributed by atoms with E-state index >= 15 is 0 Å². The third-order valence-corrected chi connectivity index (χ3v) is 4.36. The van der Waals surface area contributed by atoms with E-state index in [0.717, 1.165) is 0 Å². The van der Waals surface area contributed by atoms with Gasteiger partial charge in [-0.15, -0.1) is 11.3 Å². The zero-order valence-electron chi connectivity index (χ0n) is 8.25. The molecule has 2 rings (SSSR count). The fourth-order valence-electron chi connectivity index (χ4n) is 1.40. The molecule has 0 fully saturated rings. The van der Waals surface area contributed by atoms with E-state index in [1.165, 1.54) is 29.5 Å². The molecule has 90 valence electrons. The Morgan fingerprint density at radius 2 is 2.00 bits per heavy atom. The molecule has 1 aromatic carbocycles. The fraction of sp³-hybridized carbons (Fsp3) is 0.0909. The maximum atomic E-state index is 13.1. The van der Waals surface area contributed by atoms with Gasteiger partial charge in [-0.25, -0.2) is 4.39 Å². The van der Waals surface area contributed by atoms with Gasteiger partial charge in [0.2, 0.25) is 0 Å². The Morgan fingerprint density at radius 3 is 2.53 bits per heavy atom. The van der Waals surface area contributed by atoms with Crippen LogP contribution in [0.4, 0.5) is 4.39 Å². The Morgan fingerprint density at radius 1 is 1.29 bits per heavy atom. The van der Waals surface area contributed by atoms with E-state index in [1.54, 1.807) is 6.07 Å². The quantitative estimate of drug-likeness (QED) is 0.800. The van der Waals surface area contributed by atoms with Crippen molar-refractivity contribution in [3.8, 4) is 0 Å². The molecule has 0 bridgehead atoms. The van der Waals surface area contributed by atoms with Crippen LogP contribution in [0, 0.1) is 5.82 Å². The van der Waals surface area contributed by atoms with Crippen molar-refractivity contribution in [2.45, 2.75) is 6.10 Å². The van der Waals surface area contributed by atoms with Gasteiger partial charge in [0.05, 0.1) is 8.81 Å². The third kappa shape index (κ3) is 2.83. The molecule has 0 aliphatic rings. The van der Waals surface area contributed by atoms with E-state index in [9.17, 15) is 9.50 Å². The smallest absolute Gasteiger partial charge is 0.137 e. The maximum Gasteiger partial charge on any atom is 0.137 e. The van der Waals surface area contributed by atoms with E-state index in [2.05, 4.69) is 15.9 Å². The van der Waals surface area contributed by atoms with E-state index in [1.807, 2.05) is 0 Å². The number of rotatable bonds is 2. The first-order chi connectivity index (χ1) is 7.99. The van der Waals surface area contributed by atoms with Crippen LogP contribution in [0.25, 0.3) is 0 Å². The van der Waals surface area contributed by atoms with E-state index in [-0.39, 0.29) is 5.82 Å². The number of halogens is 4. The Kier molecular flexibility index (Phi) is 4.10. The highest BCUT2D eigenvalue weighted by Crippen LogP contribution is 2.37. The molecule has 0 aliphatic heterocycles. The molecule has 6 heteroatoms. The summed E-state index contributed by atoms with van der Waals surface area (Å²) in [5.41, 5.74) is 1.08. The Hall–Kier alpha value is -0.130. The van der Waals surface area contributed by atoms with Crippen molar-refractivity contribution in [1.29, 1.82) is 0 Å². The average Bonchev–Trinajstić information content (AvgIpc) is 2.61. The lowest BCUT2D eigenvalue weighted by Gasteiger charge is -2.10. The molecule has 0 amide bonds. The highest BCUT2D eigenvalue weighted by molar-refractivity contribution is 9.10. The normalized spacial score (nSPS) is 12.8. The predicted octanol–water partition coefficient (Wildman–Crippen LogP) is 5.04. The van der Waals surface area contributed by atoms with Crippen LogP contribution in [0.2, 0.25) is 8.67 Å². The largest absolute Gasteiger partial charge is 0.384 e. The summed E-state index contributed by atoms with van der Waals surface area (Å²) in [6, 6.07) is 5.91. The molecule has 1 aromatic heterocycles. The van der Waals surface area contributed by atoms with Crippen molar-refractivity contribution in [2.75, 3.05) is 0 Å². The van der Waals surface area contributed by atoms with Crippen LogP contribution >= 0.6 is 50.5 Å². The Labute approximate surface area is 120 Å². The van der Waals surface area contributed by atoms with Gasteiger partial charge >= 0.3 is 0 Å². The summed E-state index contributed by atoms with van der Waals surface area (Å²) in [6.07, 6.45) is -0.914. The molecule has 0 saturated carbocycles. The monoisotopic (exact) mass is 354 g/mol. The van der Waals surface area contributed by atoms with Crippen molar-refractivity contribution in [2.24, 2.45) is 0 Å². The van der Waals surface area contributed by atoms with Crippen molar-refractivity contribution in [1.82, 2.24) is 0 Å². The van der Waals surface area contributed by atoms with E-state index < -0.39 is 6.10 Å². The third-order valence-electron chi connectivity index (χ3n) is 2.24. The fourth-order valence-corrected chi connectivity index (χ4v) is 3.32. The summed E-state index contributed by atoms with van der Waals surface area (Å²) in [7, 11) is 0.